The van der Waals surface area contributed by atoms with E-state index in [9.17, 15) is 4.79 Å². The topological polar surface area (TPSA) is 72.1 Å². The lowest BCUT2D eigenvalue weighted by Crippen LogP contribution is -2.38. The van der Waals surface area contributed by atoms with Crippen molar-refractivity contribution in [2.45, 2.75) is 18.8 Å². The van der Waals surface area contributed by atoms with E-state index in [0.717, 1.165) is 25.9 Å². The van der Waals surface area contributed by atoms with Gasteiger partial charge >= 0.3 is 0 Å². The Bertz CT molecular complexity index is 621. The monoisotopic (exact) mass is 282 g/mol. The number of anilines is 1. The predicted octanol–water partition coefficient (Wildman–Crippen LogP) is 2.08. The summed E-state index contributed by atoms with van der Waals surface area (Å²) in [4.78, 5) is 22.2. The lowest BCUT2D eigenvalue weighted by molar-refractivity contribution is 0.0708. The van der Waals surface area contributed by atoms with Gasteiger partial charge in [-0.25, -0.2) is 9.97 Å². The van der Waals surface area contributed by atoms with Crippen LogP contribution in [0.4, 0.5) is 5.82 Å². The molecule has 1 fully saturated rings. The van der Waals surface area contributed by atoms with Gasteiger partial charge in [0, 0.05) is 25.5 Å². The lowest BCUT2D eigenvalue weighted by Gasteiger charge is -2.32. The van der Waals surface area contributed by atoms with Crippen molar-refractivity contribution < 1.29 is 4.79 Å². The number of piperidine rings is 1. The van der Waals surface area contributed by atoms with Gasteiger partial charge in [0.1, 0.15) is 0 Å². The van der Waals surface area contributed by atoms with E-state index in [1.165, 1.54) is 18.0 Å². The molecule has 1 aliphatic rings. The van der Waals surface area contributed by atoms with Gasteiger partial charge in [-0.15, -0.1) is 0 Å². The molecule has 0 bridgehead atoms. The van der Waals surface area contributed by atoms with Gasteiger partial charge in [0.05, 0.1) is 0 Å². The third kappa shape index (κ3) is 2.86. The second kappa shape index (κ2) is 5.91. The number of benzene rings is 1. The Morgan fingerprint density at radius 1 is 1.10 bits per heavy atom. The highest BCUT2D eigenvalue weighted by Crippen LogP contribution is 2.28. The summed E-state index contributed by atoms with van der Waals surface area (Å²) in [5.41, 5.74) is 7.34. The van der Waals surface area contributed by atoms with Gasteiger partial charge < -0.3 is 10.6 Å². The fraction of sp³-hybridized carbons (Fsp3) is 0.312. The first kappa shape index (κ1) is 13.5. The number of carbonyl (C=O) groups excluding carboxylic acids is 1. The molecule has 1 aromatic carbocycles. The summed E-state index contributed by atoms with van der Waals surface area (Å²) in [6.07, 6.45) is 4.93. The Morgan fingerprint density at radius 3 is 2.43 bits per heavy atom. The molecule has 1 saturated heterocycles. The summed E-state index contributed by atoms with van der Waals surface area (Å²) in [7, 11) is 0. The molecule has 0 atom stereocenters. The number of carbonyl (C=O) groups is 1. The van der Waals surface area contributed by atoms with E-state index >= 15 is 0 Å². The first-order valence-corrected chi connectivity index (χ1v) is 7.16. The van der Waals surface area contributed by atoms with E-state index < -0.39 is 0 Å². The molecular formula is C16H18N4O. The summed E-state index contributed by atoms with van der Waals surface area (Å²) in [5, 5.41) is 0. The molecule has 21 heavy (non-hydrogen) atoms. The van der Waals surface area contributed by atoms with Gasteiger partial charge in [-0.2, -0.15) is 0 Å². The van der Waals surface area contributed by atoms with Gasteiger partial charge in [-0.3, -0.25) is 4.79 Å². The van der Waals surface area contributed by atoms with Crippen LogP contribution in [0.3, 0.4) is 0 Å². The zero-order chi connectivity index (χ0) is 14.7. The van der Waals surface area contributed by atoms with Crippen LogP contribution >= 0.6 is 0 Å². The Morgan fingerprint density at radius 2 is 1.76 bits per heavy atom. The van der Waals surface area contributed by atoms with Crippen LogP contribution in [0, 0.1) is 0 Å². The van der Waals surface area contributed by atoms with Crippen molar-refractivity contribution >= 4 is 11.7 Å². The Hall–Kier alpha value is -2.43. The fourth-order valence-electron chi connectivity index (χ4n) is 2.80. The van der Waals surface area contributed by atoms with Crippen LogP contribution in [0.25, 0.3) is 0 Å². The molecule has 2 N–H and O–H groups in total. The maximum atomic E-state index is 12.4. The van der Waals surface area contributed by atoms with Gasteiger partial charge in [-0.1, -0.05) is 30.3 Å². The molecule has 0 radical (unpaired) electrons. The number of nitrogens with two attached hydrogens (primary N) is 1. The molecule has 1 aliphatic heterocycles. The van der Waals surface area contributed by atoms with Crippen molar-refractivity contribution in [2.75, 3.05) is 18.8 Å². The normalized spacial score (nSPS) is 15.9. The summed E-state index contributed by atoms with van der Waals surface area (Å²) in [5.74, 6) is 0.606. The van der Waals surface area contributed by atoms with E-state index in [-0.39, 0.29) is 17.4 Å². The average Bonchev–Trinajstić information content (AvgIpc) is 2.56. The second-order valence-electron chi connectivity index (χ2n) is 5.27. The number of aromatic nitrogens is 2. The summed E-state index contributed by atoms with van der Waals surface area (Å²) in [6, 6.07) is 10.5. The van der Waals surface area contributed by atoms with Crippen molar-refractivity contribution in [1.29, 1.82) is 0 Å². The average molecular weight is 282 g/mol. The van der Waals surface area contributed by atoms with Crippen LogP contribution in [0.15, 0.2) is 42.7 Å². The molecule has 2 heterocycles. The highest BCUT2D eigenvalue weighted by molar-refractivity contribution is 5.96. The summed E-state index contributed by atoms with van der Waals surface area (Å²) >= 11 is 0. The quantitative estimate of drug-likeness (QED) is 0.915. The minimum absolute atomic E-state index is 0.118. The van der Waals surface area contributed by atoms with E-state index in [4.69, 9.17) is 5.73 Å². The van der Waals surface area contributed by atoms with Crippen LogP contribution in [-0.4, -0.2) is 33.9 Å². The Labute approximate surface area is 123 Å². The molecule has 0 saturated carbocycles. The number of nitrogens with zero attached hydrogens (tertiary/aromatic N) is 3. The molecule has 2 aromatic rings. The van der Waals surface area contributed by atoms with Gasteiger partial charge in [-0.05, 0) is 24.3 Å². The van der Waals surface area contributed by atoms with Crippen molar-refractivity contribution in [3.8, 4) is 0 Å². The first-order valence-electron chi connectivity index (χ1n) is 7.16. The molecule has 108 valence electrons. The fourth-order valence-corrected chi connectivity index (χ4v) is 2.80. The SMILES string of the molecule is Nc1nccnc1C(=O)N1CCC(c2ccccc2)CC1. The number of likely N-dealkylation sites (tertiary alicyclic amines) is 1. The maximum Gasteiger partial charge on any atom is 0.276 e. The van der Waals surface area contributed by atoms with Gasteiger partial charge in [0.25, 0.3) is 5.91 Å². The molecule has 0 spiro atoms. The number of hydrogen-bond donors (Lipinski definition) is 1. The maximum absolute atomic E-state index is 12.4. The minimum atomic E-state index is -0.118. The molecule has 5 heteroatoms. The number of hydrogen-bond acceptors (Lipinski definition) is 4. The third-order valence-electron chi connectivity index (χ3n) is 3.98. The van der Waals surface area contributed by atoms with E-state index in [2.05, 4.69) is 34.2 Å². The van der Waals surface area contributed by atoms with Crippen molar-refractivity contribution in [1.82, 2.24) is 14.9 Å². The Balaban J connectivity index is 1.66. The number of amides is 1. The highest BCUT2D eigenvalue weighted by Gasteiger charge is 2.26. The van der Waals surface area contributed by atoms with Crippen molar-refractivity contribution in [2.24, 2.45) is 0 Å². The second-order valence-corrected chi connectivity index (χ2v) is 5.27. The molecule has 1 amide bonds. The molecule has 0 unspecified atom stereocenters. The zero-order valence-corrected chi connectivity index (χ0v) is 11.8. The highest BCUT2D eigenvalue weighted by atomic mass is 16.2. The smallest absolute Gasteiger partial charge is 0.276 e. The standard InChI is InChI=1S/C16H18N4O/c17-15-14(18-8-9-19-15)16(21)20-10-6-13(7-11-20)12-4-2-1-3-5-12/h1-5,8-9,13H,6-7,10-11H2,(H2,17,19). The van der Waals surface area contributed by atoms with Crippen LogP contribution in [0.5, 0.6) is 0 Å². The largest absolute Gasteiger partial charge is 0.382 e. The van der Waals surface area contributed by atoms with Crippen LogP contribution in [0.2, 0.25) is 0 Å². The summed E-state index contributed by atoms with van der Waals surface area (Å²) in [6.45, 7) is 1.46. The zero-order valence-electron chi connectivity index (χ0n) is 11.8. The third-order valence-corrected chi connectivity index (χ3v) is 3.98. The van der Waals surface area contributed by atoms with E-state index in [1.807, 2.05) is 11.0 Å². The van der Waals surface area contributed by atoms with Crippen molar-refractivity contribution in [3.63, 3.8) is 0 Å². The van der Waals surface area contributed by atoms with Gasteiger partial charge in [0.15, 0.2) is 11.5 Å². The van der Waals surface area contributed by atoms with E-state index in [0.29, 0.717) is 5.92 Å². The van der Waals surface area contributed by atoms with Crippen LogP contribution in [0.1, 0.15) is 34.8 Å². The number of nitrogen functional groups attached to an aromatic ring is 1. The first-order chi connectivity index (χ1) is 10.3. The predicted molar refractivity (Wildman–Crippen MR) is 80.8 cm³/mol. The van der Waals surface area contributed by atoms with Crippen LogP contribution in [-0.2, 0) is 0 Å². The lowest BCUT2D eigenvalue weighted by atomic mass is 9.89. The van der Waals surface area contributed by atoms with Crippen LogP contribution < -0.4 is 5.73 Å². The number of rotatable bonds is 2. The van der Waals surface area contributed by atoms with Crippen molar-refractivity contribution in [3.05, 3.63) is 54.0 Å². The Kier molecular flexibility index (Phi) is 3.81. The molecule has 1 aromatic heterocycles. The molecule has 0 aliphatic carbocycles. The molecule has 5 nitrogen and oxygen atoms in total. The minimum Gasteiger partial charge on any atom is -0.382 e. The molecule has 3 rings (SSSR count). The van der Waals surface area contributed by atoms with E-state index in [1.54, 1.807) is 0 Å². The molecular weight excluding hydrogens is 264 g/mol. The summed E-state index contributed by atoms with van der Waals surface area (Å²) < 4.78 is 0. The van der Waals surface area contributed by atoms with Gasteiger partial charge in [0.2, 0.25) is 0 Å².